The Morgan fingerprint density at radius 3 is 3.08 bits per heavy atom. The molecule has 0 aromatic rings. The SMILES string of the molecule is O=C/C=C/COC1CCCCO1. The van der Waals surface area contributed by atoms with E-state index in [4.69, 9.17) is 9.47 Å². The number of rotatable bonds is 4. The van der Waals surface area contributed by atoms with Crippen LogP contribution in [0.4, 0.5) is 0 Å². The van der Waals surface area contributed by atoms with Crippen LogP contribution in [0.2, 0.25) is 0 Å². The Morgan fingerprint density at radius 1 is 1.50 bits per heavy atom. The molecular formula is C9H14O3. The Hall–Kier alpha value is -0.670. The van der Waals surface area contributed by atoms with Crippen LogP contribution >= 0.6 is 0 Å². The molecule has 3 heteroatoms. The summed E-state index contributed by atoms with van der Waals surface area (Å²) in [7, 11) is 0. The van der Waals surface area contributed by atoms with Crippen molar-refractivity contribution in [3.63, 3.8) is 0 Å². The minimum absolute atomic E-state index is 0.0601. The lowest BCUT2D eigenvalue weighted by molar-refractivity contribution is -0.155. The first-order chi connectivity index (χ1) is 5.93. The summed E-state index contributed by atoms with van der Waals surface area (Å²) in [6.45, 7) is 1.26. The maximum absolute atomic E-state index is 9.88. The predicted octanol–water partition coefficient (Wildman–Crippen LogP) is 1.28. The van der Waals surface area contributed by atoms with Gasteiger partial charge in [0.25, 0.3) is 0 Å². The summed E-state index contributed by atoms with van der Waals surface area (Å²) in [6.07, 6.45) is 7.06. The molecule has 1 atom stereocenters. The van der Waals surface area contributed by atoms with Crippen molar-refractivity contribution in [2.75, 3.05) is 13.2 Å². The second-order valence-electron chi connectivity index (χ2n) is 2.69. The zero-order chi connectivity index (χ0) is 8.65. The van der Waals surface area contributed by atoms with Gasteiger partial charge < -0.3 is 9.47 Å². The van der Waals surface area contributed by atoms with Gasteiger partial charge in [0.15, 0.2) is 6.29 Å². The Balaban J connectivity index is 2.05. The summed E-state index contributed by atoms with van der Waals surface area (Å²) in [6, 6.07) is 0. The minimum atomic E-state index is -0.0601. The van der Waals surface area contributed by atoms with Gasteiger partial charge in [0, 0.05) is 6.61 Å². The number of hydrogen-bond acceptors (Lipinski definition) is 3. The van der Waals surface area contributed by atoms with Crippen molar-refractivity contribution in [2.24, 2.45) is 0 Å². The van der Waals surface area contributed by atoms with E-state index in [1.807, 2.05) is 0 Å². The molecule has 12 heavy (non-hydrogen) atoms. The number of aldehydes is 1. The summed E-state index contributed by atoms with van der Waals surface area (Å²) in [5, 5.41) is 0. The Kier molecular flexibility index (Phi) is 4.64. The van der Waals surface area contributed by atoms with Crippen LogP contribution in [0.5, 0.6) is 0 Å². The average Bonchev–Trinajstić information content (AvgIpc) is 2.14. The predicted molar refractivity (Wildman–Crippen MR) is 44.7 cm³/mol. The van der Waals surface area contributed by atoms with E-state index in [1.54, 1.807) is 6.08 Å². The molecule has 0 amide bonds. The summed E-state index contributed by atoms with van der Waals surface area (Å²) in [5.74, 6) is 0. The maximum Gasteiger partial charge on any atom is 0.157 e. The van der Waals surface area contributed by atoms with Gasteiger partial charge in [-0.05, 0) is 25.3 Å². The first-order valence-corrected chi connectivity index (χ1v) is 4.27. The van der Waals surface area contributed by atoms with Crippen LogP contribution in [-0.4, -0.2) is 25.8 Å². The Morgan fingerprint density at radius 2 is 2.42 bits per heavy atom. The van der Waals surface area contributed by atoms with Gasteiger partial charge in [-0.2, -0.15) is 0 Å². The number of carbonyl (C=O) groups is 1. The third-order valence-corrected chi connectivity index (χ3v) is 1.73. The van der Waals surface area contributed by atoms with Gasteiger partial charge in [-0.15, -0.1) is 0 Å². The van der Waals surface area contributed by atoms with E-state index >= 15 is 0 Å². The zero-order valence-electron chi connectivity index (χ0n) is 7.07. The molecule has 0 radical (unpaired) electrons. The summed E-state index contributed by atoms with van der Waals surface area (Å²) < 4.78 is 10.6. The van der Waals surface area contributed by atoms with Crippen molar-refractivity contribution < 1.29 is 14.3 Å². The van der Waals surface area contributed by atoms with E-state index in [0.717, 1.165) is 25.7 Å². The van der Waals surface area contributed by atoms with Crippen molar-refractivity contribution >= 4 is 6.29 Å². The molecule has 1 fully saturated rings. The maximum atomic E-state index is 9.88. The monoisotopic (exact) mass is 170 g/mol. The fourth-order valence-electron chi connectivity index (χ4n) is 1.12. The molecule has 0 spiro atoms. The molecular weight excluding hydrogens is 156 g/mol. The Labute approximate surface area is 72.4 Å². The lowest BCUT2D eigenvalue weighted by Crippen LogP contribution is -2.22. The summed E-state index contributed by atoms with van der Waals surface area (Å²) in [5.41, 5.74) is 0. The first-order valence-electron chi connectivity index (χ1n) is 4.27. The molecule has 0 bridgehead atoms. The molecule has 3 nitrogen and oxygen atoms in total. The zero-order valence-corrected chi connectivity index (χ0v) is 7.07. The van der Waals surface area contributed by atoms with E-state index in [9.17, 15) is 4.79 Å². The van der Waals surface area contributed by atoms with Crippen LogP contribution < -0.4 is 0 Å². The molecule has 0 saturated carbocycles. The van der Waals surface area contributed by atoms with Crippen LogP contribution in [0.3, 0.4) is 0 Å². The van der Waals surface area contributed by atoms with Crippen molar-refractivity contribution in [3.05, 3.63) is 12.2 Å². The molecule has 1 aliphatic heterocycles. The first kappa shape index (κ1) is 9.42. The van der Waals surface area contributed by atoms with Gasteiger partial charge in [-0.3, -0.25) is 4.79 Å². The second-order valence-corrected chi connectivity index (χ2v) is 2.69. The molecule has 1 rings (SSSR count). The van der Waals surface area contributed by atoms with Gasteiger partial charge in [0.1, 0.15) is 6.29 Å². The van der Waals surface area contributed by atoms with Crippen LogP contribution in [-0.2, 0) is 14.3 Å². The van der Waals surface area contributed by atoms with Crippen LogP contribution in [0.15, 0.2) is 12.2 Å². The van der Waals surface area contributed by atoms with Crippen LogP contribution in [0, 0.1) is 0 Å². The molecule has 0 aromatic heterocycles. The molecule has 1 aliphatic rings. The highest BCUT2D eigenvalue weighted by Crippen LogP contribution is 2.13. The third-order valence-electron chi connectivity index (χ3n) is 1.73. The quantitative estimate of drug-likeness (QED) is 0.471. The number of hydrogen-bond donors (Lipinski definition) is 0. The van der Waals surface area contributed by atoms with Gasteiger partial charge in [0.05, 0.1) is 6.61 Å². The normalized spacial score (nSPS) is 24.5. The van der Waals surface area contributed by atoms with E-state index < -0.39 is 0 Å². The van der Waals surface area contributed by atoms with Crippen molar-refractivity contribution in [2.45, 2.75) is 25.6 Å². The molecule has 0 aromatic carbocycles. The van der Waals surface area contributed by atoms with E-state index in [0.29, 0.717) is 6.61 Å². The highest BCUT2D eigenvalue weighted by Gasteiger charge is 2.12. The van der Waals surface area contributed by atoms with E-state index in [-0.39, 0.29) is 6.29 Å². The van der Waals surface area contributed by atoms with E-state index in [2.05, 4.69) is 0 Å². The van der Waals surface area contributed by atoms with Crippen LogP contribution in [0.25, 0.3) is 0 Å². The smallest absolute Gasteiger partial charge is 0.157 e. The number of allylic oxidation sites excluding steroid dienone is 1. The Bertz CT molecular complexity index is 148. The van der Waals surface area contributed by atoms with Crippen molar-refractivity contribution in [3.8, 4) is 0 Å². The van der Waals surface area contributed by atoms with Crippen LogP contribution in [0.1, 0.15) is 19.3 Å². The molecule has 0 aliphatic carbocycles. The van der Waals surface area contributed by atoms with Crippen molar-refractivity contribution in [1.82, 2.24) is 0 Å². The highest BCUT2D eigenvalue weighted by atomic mass is 16.7. The second kappa shape index (κ2) is 5.91. The highest BCUT2D eigenvalue weighted by molar-refractivity contribution is 5.64. The fraction of sp³-hybridized carbons (Fsp3) is 0.667. The van der Waals surface area contributed by atoms with Gasteiger partial charge in [-0.25, -0.2) is 0 Å². The molecule has 1 saturated heterocycles. The average molecular weight is 170 g/mol. The largest absolute Gasteiger partial charge is 0.353 e. The molecule has 1 unspecified atom stereocenters. The molecule has 1 heterocycles. The fourth-order valence-corrected chi connectivity index (χ4v) is 1.12. The van der Waals surface area contributed by atoms with Gasteiger partial charge in [-0.1, -0.05) is 6.08 Å². The standard InChI is InChI=1S/C9H14O3/c10-6-2-4-8-12-9-5-1-3-7-11-9/h2,4,6,9H,1,3,5,7-8H2/b4-2+. The number of ether oxygens (including phenoxy) is 2. The third kappa shape index (κ3) is 3.64. The number of carbonyl (C=O) groups excluding carboxylic acids is 1. The summed E-state index contributed by atoms with van der Waals surface area (Å²) >= 11 is 0. The van der Waals surface area contributed by atoms with Gasteiger partial charge in [0.2, 0.25) is 0 Å². The lowest BCUT2D eigenvalue weighted by Gasteiger charge is -2.21. The lowest BCUT2D eigenvalue weighted by atomic mass is 10.2. The van der Waals surface area contributed by atoms with E-state index in [1.165, 1.54) is 12.5 Å². The molecule has 68 valence electrons. The topological polar surface area (TPSA) is 35.5 Å². The van der Waals surface area contributed by atoms with Crippen molar-refractivity contribution in [1.29, 1.82) is 0 Å². The minimum Gasteiger partial charge on any atom is -0.353 e. The summed E-state index contributed by atoms with van der Waals surface area (Å²) in [4.78, 5) is 9.88. The molecule has 0 N–H and O–H groups in total. The van der Waals surface area contributed by atoms with Gasteiger partial charge >= 0.3 is 0 Å².